The highest BCUT2D eigenvalue weighted by atomic mass is 16.2. The Bertz CT molecular complexity index is 855. The number of fused-ring (bicyclic) bond motifs is 1. The Morgan fingerprint density at radius 3 is 2.64 bits per heavy atom. The molecule has 0 bridgehead atoms. The first kappa shape index (κ1) is 18.6. The van der Waals surface area contributed by atoms with Crippen LogP contribution in [0.4, 0.5) is 0 Å². The molecule has 0 spiro atoms. The van der Waals surface area contributed by atoms with Gasteiger partial charge in [-0.05, 0) is 30.5 Å². The molecule has 2 amide bonds. The Labute approximate surface area is 165 Å². The number of hydrogen-bond donors (Lipinski definition) is 0. The van der Waals surface area contributed by atoms with Gasteiger partial charge in [-0.1, -0.05) is 30.3 Å². The molecule has 146 valence electrons. The van der Waals surface area contributed by atoms with Crippen molar-refractivity contribution in [3.05, 3.63) is 65.5 Å². The molecule has 2 aliphatic rings. The van der Waals surface area contributed by atoms with E-state index in [1.54, 1.807) is 12.4 Å². The lowest BCUT2D eigenvalue weighted by atomic mass is 10.1. The van der Waals surface area contributed by atoms with Gasteiger partial charge in [-0.2, -0.15) is 0 Å². The molecule has 2 fully saturated rings. The Balaban J connectivity index is 1.43. The number of carbonyl (C=O) groups is 2. The summed E-state index contributed by atoms with van der Waals surface area (Å²) in [5.41, 5.74) is 2.75. The zero-order valence-electron chi connectivity index (χ0n) is 16.3. The van der Waals surface area contributed by atoms with Crippen molar-refractivity contribution in [1.82, 2.24) is 19.7 Å². The zero-order chi connectivity index (χ0) is 19.5. The van der Waals surface area contributed by atoms with Crippen LogP contribution in [0.2, 0.25) is 0 Å². The number of hydrogen-bond acceptors (Lipinski definition) is 4. The van der Waals surface area contributed by atoms with Gasteiger partial charge in [0.05, 0.1) is 11.6 Å². The zero-order valence-corrected chi connectivity index (χ0v) is 16.3. The lowest BCUT2D eigenvalue weighted by Gasteiger charge is -2.39. The van der Waals surface area contributed by atoms with Crippen LogP contribution in [0.5, 0.6) is 0 Å². The van der Waals surface area contributed by atoms with E-state index in [1.165, 1.54) is 0 Å². The molecular weight excluding hydrogens is 352 g/mol. The fourth-order valence-corrected chi connectivity index (χ4v) is 4.11. The third-order valence-corrected chi connectivity index (χ3v) is 5.65. The maximum atomic E-state index is 13.1. The molecule has 0 radical (unpaired) electrons. The monoisotopic (exact) mass is 378 g/mol. The number of rotatable bonds is 3. The van der Waals surface area contributed by atoms with E-state index in [4.69, 9.17) is 0 Å². The molecule has 0 saturated carbocycles. The highest BCUT2D eigenvalue weighted by Crippen LogP contribution is 2.21. The summed E-state index contributed by atoms with van der Waals surface area (Å²) in [4.78, 5) is 36.2. The summed E-state index contributed by atoms with van der Waals surface area (Å²) in [7, 11) is 0. The van der Waals surface area contributed by atoms with Crippen molar-refractivity contribution >= 4 is 11.8 Å². The van der Waals surface area contributed by atoms with E-state index >= 15 is 0 Å². The maximum absolute atomic E-state index is 13.1. The number of nitrogens with zero attached hydrogens (tertiary/aromatic N) is 4. The van der Waals surface area contributed by atoms with Gasteiger partial charge in [-0.15, -0.1) is 0 Å². The Morgan fingerprint density at radius 2 is 1.86 bits per heavy atom. The molecule has 0 N–H and O–H groups in total. The quantitative estimate of drug-likeness (QED) is 0.819. The molecular formula is C22H26N4O2. The molecule has 1 aromatic heterocycles. The van der Waals surface area contributed by atoms with Gasteiger partial charge >= 0.3 is 0 Å². The van der Waals surface area contributed by atoms with Gasteiger partial charge in [-0.3, -0.25) is 19.5 Å². The van der Waals surface area contributed by atoms with Gasteiger partial charge in [-0.25, -0.2) is 0 Å². The Kier molecular flexibility index (Phi) is 5.39. The molecule has 6 heteroatoms. The van der Waals surface area contributed by atoms with Crippen molar-refractivity contribution in [3.63, 3.8) is 0 Å². The van der Waals surface area contributed by atoms with E-state index in [2.05, 4.69) is 22.0 Å². The van der Waals surface area contributed by atoms with Crippen LogP contribution in [0.1, 0.15) is 27.9 Å². The normalized spacial score (nSPS) is 20.6. The van der Waals surface area contributed by atoms with Crippen LogP contribution in [0, 0.1) is 6.92 Å². The van der Waals surface area contributed by atoms with Crippen molar-refractivity contribution in [1.29, 1.82) is 0 Å². The first-order valence-electron chi connectivity index (χ1n) is 9.89. The largest absolute Gasteiger partial charge is 0.337 e. The summed E-state index contributed by atoms with van der Waals surface area (Å²) in [6.07, 6.45) is 4.05. The molecule has 2 aliphatic heterocycles. The predicted molar refractivity (Wildman–Crippen MR) is 107 cm³/mol. The van der Waals surface area contributed by atoms with Crippen molar-refractivity contribution in [2.24, 2.45) is 0 Å². The number of carbonyl (C=O) groups excluding carboxylic acids is 2. The van der Waals surface area contributed by atoms with Crippen LogP contribution in [-0.2, 0) is 11.3 Å². The maximum Gasteiger partial charge on any atom is 0.255 e. The lowest BCUT2D eigenvalue weighted by molar-refractivity contribution is -0.142. The van der Waals surface area contributed by atoms with Crippen molar-refractivity contribution < 1.29 is 9.59 Å². The average Bonchev–Trinajstić information content (AvgIpc) is 2.94. The van der Waals surface area contributed by atoms with E-state index in [-0.39, 0.29) is 17.9 Å². The Hall–Kier alpha value is -2.73. The molecule has 0 aliphatic carbocycles. The lowest BCUT2D eigenvalue weighted by Crippen LogP contribution is -2.56. The summed E-state index contributed by atoms with van der Waals surface area (Å²) >= 11 is 0. The molecule has 1 aromatic carbocycles. The van der Waals surface area contributed by atoms with Crippen molar-refractivity contribution in [2.45, 2.75) is 25.9 Å². The number of aromatic nitrogens is 1. The molecule has 6 nitrogen and oxygen atoms in total. The molecule has 3 heterocycles. The van der Waals surface area contributed by atoms with E-state index in [9.17, 15) is 9.59 Å². The van der Waals surface area contributed by atoms with Crippen LogP contribution in [0.3, 0.4) is 0 Å². The SMILES string of the molecule is Cc1cncc(C(=O)N2CCC3C(=O)N(Cc4ccccc4)CCN3CC2)c1. The highest BCUT2D eigenvalue weighted by molar-refractivity contribution is 5.94. The summed E-state index contributed by atoms with van der Waals surface area (Å²) in [6, 6.07) is 11.9. The highest BCUT2D eigenvalue weighted by Gasteiger charge is 2.37. The van der Waals surface area contributed by atoms with Crippen molar-refractivity contribution in [3.8, 4) is 0 Å². The predicted octanol–water partition coefficient (Wildman–Crippen LogP) is 1.95. The average molecular weight is 378 g/mol. The van der Waals surface area contributed by atoms with E-state index in [1.807, 2.05) is 41.0 Å². The van der Waals surface area contributed by atoms with E-state index in [0.717, 1.165) is 30.8 Å². The molecule has 4 rings (SSSR count). The minimum Gasteiger partial charge on any atom is -0.337 e. The van der Waals surface area contributed by atoms with Gasteiger partial charge < -0.3 is 9.80 Å². The summed E-state index contributed by atoms with van der Waals surface area (Å²) in [5.74, 6) is 0.186. The second kappa shape index (κ2) is 8.10. The molecule has 28 heavy (non-hydrogen) atoms. The topological polar surface area (TPSA) is 56.8 Å². The first-order valence-corrected chi connectivity index (χ1v) is 9.89. The fraction of sp³-hybridized carbons (Fsp3) is 0.409. The molecule has 1 unspecified atom stereocenters. The van der Waals surface area contributed by atoms with Gasteiger partial charge in [0.25, 0.3) is 5.91 Å². The van der Waals surface area contributed by atoms with Gasteiger partial charge in [0, 0.05) is 51.7 Å². The minimum absolute atomic E-state index is 0.00429. The summed E-state index contributed by atoms with van der Waals surface area (Å²) in [6.45, 7) is 6.17. The van der Waals surface area contributed by atoms with Crippen LogP contribution < -0.4 is 0 Å². The summed E-state index contributed by atoms with van der Waals surface area (Å²) in [5, 5.41) is 0. The minimum atomic E-state index is -0.133. The third kappa shape index (κ3) is 3.92. The van der Waals surface area contributed by atoms with Gasteiger partial charge in [0.15, 0.2) is 0 Å². The van der Waals surface area contributed by atoms with Crippen LogP contribution in [-0.4, -0.2) is 70.3 Å². The number of aryl methyl sites for hydroxylation is 1. The van der Waals surface area contributed by atoms with Gasteiger partial charge in [0.2, 0.25) is 5.91 Å². The van der Waals surface area contributed by atoms with Gasteiger partial charge in [0.1, 0.15) is 0 Å². The van der Waals surface area contributed by atoms with Crippen molar-refractivity contribution in [2.75, 3.05) is 32.7 Å². The van der Waals surface area contributed by atoms with Crippen LogP contribution in [0.25, 0.3) is 0 Å². The van der Waals surface area contributed by atoms with Crippen LogP contribution >= 0.6 is 0 Å². The standard InChI is InChI=1S/C22H26N4O2/c1-17-13-19(15-23-14-17)21(27)25-8-7-20-22(28)26(12-10-24(20)9-11-25)16-18-5-3-2-4-6-18/h2-6,13-15,20H,7-12,16H2,1H3. The second-order valence-corrected chi connectivity index (χ2v) is 7.63. The molecule has 2 aromatic rings. The first-order chi connectivity index (χ1) is 13.6. The van der Waals surface area contributed by atoms with Crippen LogP contribution in [0.15, 0.2) is 48.8 Å². The molecule has 1 atom stereocenters. The number of benzene rings is 1. The Morgan fingerprint density at radius 1 is 1.07 bits per heavy atom. The van der Waals surface area contributed by atoms with E-state index in [0.29, 0.717) is 31.6 Å². The smallest absolute Gasteiger partial charge is 0.255 e. The third-order valence-electron chi connectivity index (χ3n) is 5.65. The number of amides is 2. The number of pyridine rings is 1. The fourth-order valence-electron chi connectivity index (χ4n) is 4.11. The summed E-state index contributed by atoms with van der Waals surface area (Å²) < 4.78 is 0. The molecule has 2 saturated heterocycles. The van der Waals surface area contributed by atoms with E-state index < -0.39 is 0 Å². The second-order valence-electron chi connectivity index (χ2n) is 7.63. The number of piperazine rings is 1.